The number of nitrogens with zero attached hydrogens (tertiary/aromatic N) is 5. The molecular weight excluding hydrogens is 392 g/mol. The molecule has 0 radical (unpaired) electrons. The van der Waals surface area contributed by atoms with E-state index in [1.165, 1.54) is 0 Å². The number of anilines is 1. The molecule has 1 saturated heterocycles. The quantitative estimate of drug-likeness (QED) is 0.682. The number of aromatic amines is 1. The molecule has 0 atom stereocenters. The Bertz CT molecular complexity index is 1070. The zero-order chi connectivity index (χ0) is 22.0. The lowest BCUT2D eigenvalue weighted by Gasteiger charge is -2.28. The van der Waals surface area contributed by atoms with Crippen molar-refractivity contribution < 1.29 is 9.53 Å². The van der Waals surface area contributed by atoms with Crippen LogP contribution in [0, 0.1) is 6.92 Å². The predicted molar refractivity (Wildman–Crippen MR) is 120 cm³/mol. The van der Waals surface area contributed by atoms with Gasteiger partial charge in [-0.25, -0.2) is 4.98 Å². The number of hydrogen-bond acceptors (Lipinski definition) is 6. The van der Waals surface area contributed by atoms with Crippen molar-refractivity contribution >= 4 is 11.6 Å². The van der Waals surface area contributed by atoms with Gasteiger partial charge in [-0.3, -0.25) is 14.8 Å². The summed E-state index contributed by atoms with van der Waals surface area (Å²) in [5.41, 5.74) is 4.92. The smallest absolute Gasteiger partial charge is 0.274 e. The zero-order valence-electron chi connectivity index (χ0n) is 18.4. The van der Waals surface area contributed by atoms with E-state index in [2.05, 4.69) is 30.9 Å². The van der Waals surface area contributed by atoms with E-state index in [4.69, 9.17) is 4.74 Å². The highest BCUT2D eigenvalue weighted by Gasteiger charge is 2.21. The Balaban J connectivity index is 1.63. The van der Waals surface area contributed by atoms with Crippen molar-refractivity contribution in [2.24, 2.45) is 0 Å². The lowest BCUT2D eigenvalue weighted by atomic mass is 10.1. The highest BCUT2D eigenvalue weighted by atomic mass is 16.5. The third-order valence-electron chi connectivity index (χ3n) is 5.62. The van der Waals surface area contributed by atoms with Crippen molar-refractivity contribution in [3.63, 3.8) is 0 Å². The number of amides is 1. The standard InChI is InChI=1S/C23H28N6O2/c1-15(2)28(4)23(30)21-16(3)26-22(27-21)20-12-17(5-6-25-20)18-11-19(14-24-13-18)29-7-9-31-10-8-29/h5-6,11-15H,7-10H2,1-4H3,(H,26,27). The van der Waals surface area contributed by atoms with E-state index >= 15 is 0 Å². The number of nitrogens with one attached hydrogen (secondary N) is 1. The van der Waals surface area contributed by atoms with Gasteiger partial charge in [-0.1, -0.05) is 0 Å². The summed E-state index contributed by atoms with van der Waals surface area (Å²) < 4.78 is 5.45. The van der Waals surface area contributed by atoms with Crippen LogP contribution in [0.15, 0.2) is 36.8 Å². The van der Waals surface area contributed by atoms with Crippen molar-refractivity contribution in [3.05, 3.63) is 48.2 Å². The lowest BCUT2D eigenvalue weighted by Crippen LogP contribution is -2.36. The number of carbonyl (C=O) groups excluding carboxylic acids is 1. The molecule has 8 nitrogen and oxygen atoms in total. The van der Waals surface area contributed by atoms with Crippen LogP contribution in [0.25, 0.3) is 22.6 Å². The van der Waals surface area contributed by atoms with Crippen LogP contribution in [0.2, 0.25) is 0 Å². The Kier molecular flexibility index (Phi) is 5.99. The Morgan fingerprint density at radius 1 is 1.19 bits per heavy atom. The third-order valence-corrected chi connectivity index (χ3v) is 5.62. The summed E-state index contributed by atoms with van der Waals surface area (Å²) in [5.74, 6) is 0.478. The average Bonchev–Trinajstić information content (AvgIpc) is 3.20. The molecule has 4 rings (SSSR count). The molecule has 0 aromatic carbocycles. The van der Waals surface area contributed by atoms with E-state index < -0.39 is 0 Å². The molecule has 0 saturated carbocycles. The molecule has 3 aromatic rings. The number of imidazole rings is 1. The van der Waals surface area contributed by atoms with Crippen molar-refractivity contribution in [1.82, 2.24) is 24.8 Å². The number of rotatable bonds is 5. The lowest BCUT2D eigenvalue weighted by molar-refractivity contribution is 0.0749. The summed E-state index contributed by atoms with van der Waals surface area (Å²) in [7, 11) is 1.79. The minimum atomic E-state index is -0.103. The second-order valence-corrected chi connectivity index (χ2v) is 8.03. The molecule has 1 aliphatic rings. The second-order valence-electron chi connectivity index (χ2n) is 8.03. The van der Waals surface area contributed by atoms with Crippen LogP contribution in [0.1, 0.15) is 30.0 Å². The highest BCUT2D eigenvalue weighted by Crippen LogP contribution is 2.27. The molecule has 1 aliphatic heterocycles. The number of aryl methyl sites for hydroxylation is 1. The first-order valence-corrected chi connectivity index (χ1v) is 10.5. The fourth-order valence-corrected chi connectivity index (χ4v) is 3.51. The predicted octanol–water partition coefficient (Wildman–Crippen LogP) is 3.16. The topological polar surface area (TPSA) is 87.2 Å². The fourth-order valence-electron chi connectivity index (χ4n) is 3.51. The maximum absolute atomic E-state index is 12.7. The van der Waals surface area contributed by atoms with Crippen LogP contribution < -0.4 is 4.90 Å². The SMILES string of the molecule is Cc1[nH]c(-c2cc(-c3cncc(N4CCOCC4)c3)ccn2)nc1C(=O)N(C)C(C)C. The number of morpholine rings is 1. The van der Waals surface area contributed by atoms with Gasteiger partial charge in [0, 0.05) is 49.8 Å². The Morgan fingerprint density at radius 2 is 1.97 bits per heavy atom. The maximum Gasteiger partial charge on any atom is 0.274 e. The third kappa shape index (κ3) is 4.44. The molecule has 3 aromatic heterocycles. The Hall–Kier alpha value is -3.26. The normalized spacial score (nSPS) is 14.2. The molecule has 4 heterocycles. The van der Waals surface area contributed by atoms with E-state index in [0.717, 1.165) is 48.8 Å². The van der Waals surface area contributed by atoms with Gasteiger partial charge in [0.05, 0.1) is 25.1 Å². The number of carbonyl (C=O) groups is 1. The summed E-state index contributed by atoms with van der Waals surface area (Å²) in [6.07, 6.45) is 5.49. The van der Waals surface area contributed by atoms with Gasteiger partial charge in [-0.05, 0) is 44.5 Å². The van der Waals surface area contributed by atoms with Crippen LogP contribution in [0.3, 0.4) is 0 Å². The zero-order valence-corrected chi connectivity index (χ0v) is 18.4. The van der Waals surface area contributed by atoms with Gasteiger partial charge in [0.1, 0.15) is 11.4 Å². The van der Waals surface area contributed by atoms with E-state index in [1.807, 2.05) is 45.3 Å². The number of H-pyrrole nitrogens is 1. The molecule has 0 unspecified atom stereocenters. The molecule has 0 aliphatic carbocycles. The van der Waals surface area contributed by atoms with Crippen LogP contribution in [0.5, 0.6) is 0 Å². The van der Waals surface area contributed by atoms with Crippen LogP contribution >= 0.6 is 0 Å². The molecule has 31 heavy (non-hydrogen) atoms. The average molecular weight is 421 g/mol. The molecule has 0 bridgehead atoms. The maximum atomic E-state index is 12.7. The van der Waals surface area contributed by atoms with E-state index in [9.17, 15) is 4.79 Å². The first-order valence-electron chi connectivity index (χ1n) is 10.5. The van der Waals surface area contributed by atoms with E-state index in [-0.39, 0.29) is 11.9 Å². The summed E-state index contributed by atoms with van der Waals surface area (Å²) >= 11 is 0. The molecular formula is C23H28N6O2. The van der Waals surface area contributed by atoms with E-state index in [0.29, 0.717) is 17.2 Å². The largest absolute Gasteiger partial charge is 0.378 e. The first-order chi connectivity index (χ1) is 14.9. The van der Waals surface area contributed by atoms with E-state index in [1.54, 1.807) is 18.1 Å². The molecule has 1 fully saturated rings. The highest BCUT2D eigenvalue weighted by molar-refractivity contribution is 5.94. The van der Waals surface area contributed by atoms with Gasteiger partial charge in [-0.15, -0.1) is 0 Å². The molecule has 1 amide bonds. The minimum absolute atomic E-state index is 0.0970. The minimum Gasteiger partial charge on any atom is -0.378 e. The number of aromatic nitrogens is 4. The second kappa shape index (κ2) is 8.85. The van der Waals surface area contributed by atoms with Crippen LogP contribution in [-0.4, -0.2) is 70.1 Å². The number of ether oxygens (including phenoxy) is 1. The van der Waals surface area contributed by atoms with Crippen molar-refractivity contribution in [2.75, 3.05) is 38.3 Å². The summed E-state index contributed by atoms with van der Waals surface area (Å²) in [4.78, 5) is 33.4. The summed E-state index contributed by atoms with van der Waals surface area (Å²) in [6, 6.07) is 6.16. The van der Waals surface area contributed by atoms with Crippen LogP contribution in [-0.2, 0) is 4.74 Å². The Labute approximate surface area is 182 Å². The fraction of sp³-hybridized carbons (Fsp3) is 0.391. The van der Waals surface area contributed by atoms with Gasteiger partial charge >= 0.3 is 0 Å². The molecule has 162 valence electrons. The van der Waals surface area contributed by atoms with Crippen LogP contribution in [0.4, 0.5) is 5.69 Å². The number of hydrogen-bond donors (Lipinski definition) is 1. The molecule has 0 spiro atoms. The van der Waals surface area contributed by atoms with Crippen molar-refractivity contribution in [2.45, 2.75) is 26.8 Å². The van der Waals surface area contributed by atoms with Gasteiger partial charge in [0.2, 0.25) is 0 Å². The Morgan fingerprint density at radius 3 is 2.71 bits per heavy atom. The summed E-state index contributed by atoms with van der Waals surface area (Å²) in [6.45, 7) is 9.00. The first kappa shape index (κ1) is 21.0. The van der Waals surface area contributed by atoms with Gasteiger partial charge in [-0.2, -0.15) is 0 Å². The van der Waals surface area contributed by atoms with Gasteiger partial charge < -0.3 is 19.5 Å². The molecule has 8 heteroatoms. The van der Waals surface area contributed by atoms with Gasteiger partial charge in [0.15, 0.2) is 5.82 Å². The molecule has 1 N–H and O–H groups in total. The monoisotopic (exact) mass is 420 g/mol. The van der Waals surface area contributed by atoms with Crippen molar-refractivity contribution in [1.29, 1.82) is 0 Å². The summed E-state index contributed by atoms with van der Waals surface area (Å²) in [5, 5.41) is 0. The number of pyridine rings is 2. The van der Waals surface area contributed by atoms with Crippen molar-refractivity contribution in [3.8, 4) is 22.6 Å². The van der Waals surface area contributed by atoms with Gasteiger partial charge in [0.25, 0.3) is 5.91 Å².